The molecule has 0 bridgehead atoms. The molecule has 0 aliphatic rings. The Morgan fingerprint density at radius 3 is 2.59 bits per heavy atom. The first-order valence-corrected chi connectivity index (χ1v) is 6.63. The molecule has 0 spiro atoms. The quantitative estimate of drug-likeness (QED) is 0.467. The van der Waals surface area contributed by atoms with Gasteiger partial charge < -0.3 is 10.3 Å². The third-order valence-corrected chi connectivity index (χ3v) is 3.62. The Labute approximate surface area is 98.1 Å². The van der Waals surface area contributed by atoms with Crippen LogP contribution in [0.4, 0.5) is 4.39 Å². The first-order chi connectivity index (χ1) is 7.90. The van der Waals surface area contributed by atoms with Gasteiger partial charge in [0, 0.05) is 11.8 Å². The summed E-state index contributed by atoms with van der Waals surface area (Å²) in [6.45, 7) is -0.741. The molecule has 0 radical (unpaired) electrons. The molecule has 17 heavy (non-hydrogen) atoms. The number of rotatable bonds is 4. The van der Waals surface area contributed by atoms with Crippen molar-refractivity contribution >= 4 is 15.5 Å². The second-order valence-electron chi connectivity index (χ2n) is 3.50. The van der Waals surface area contributed by atoms with Gasteiger partial charge in [-0.2, -0.15) is 0 Å². The van der Waals surface area contributed by atoms with Crippen LogP contribution in [0.1, 0.15) is 5.56 Å². The van der Waals surface area contributed by atoms with E-state index in [2.05, 4.69) is 5.16 Å². The van der Waals surface area contributed by atoms with Crippen LogP contribution in [0.15, 0.2) is 29.4 Å². The standard InChI is InChI=1S/C10H12FNO4S/c1-17(15,16)9(6-13)10(12-14)7-3-2-4-8(11)5-7/h2-5,9,13-14H,6H2,1H3/b12-10-/t9-/m1/s1. The van der Waals surface area contributed by atoms with Gasteiger partial charge in [-0.25, -0.2) is 12.8 Å². The number of hydrogen-bond donors (Lipinski definition) is 2. The van der Waals surface area contributed by atoms with Gasteiger partial charge >= 0.3 is 0 Å². The summed E-state index contributed by atoms with van der Waals surface area (Å²) in [6.07, 6.45) is 0.901. The molecule has 0 saturated carbocycles. The summed E-state index contributed by atoms with van der Waals surface area (Å²) in [5.74, 6) is -0.589. The molecular weight excluding hydrogens is 249 g/mol. The van der Waals surface area contributed by atoms with Crippen molar-refractivity contribution in [3.8, 4) is 0 Å². The lowest BCUT2D eigenvalue weighted by atomic mass is 10.1. The van der Waals surface area contributed by atoms with Crippen molar-refractivity contribution in [3.63, 3.8) is 0 Å². The van der Waals surface area contributed by atoms with Gasteiger partial charge in [0.05, 0.1) is 6.61 Å². The SMILES string of the molecule is CS(=O)(=O)[C@H](CO)/C(=N\O)c1cccc(F)c1. The Bertz CT molecular complexity index is 527. The molecule has 1 aromatic rings. The van der Waals surface area contributed by atoms with E-state index in [1.807, 2.05) is 0 Å². The van der Waals surface area contributed by atoms with E-state index in [4.69, 9.17) is 10.3 Å². The van der Waals surface area contributed by atoms with Crippen LogP contribution in [0, 0.1) is 5.82 Å². The van der Waals surface area contributed by atoms with E-state index in [9.17, 15) is 12.8 Å². The predicted molar refractivity (Wildman–Crippen MR) is 60.4 cm³/mol. The second kappa shape index (κ2) is 5.24. The average molecular weight is 261 g/mol. The molecule has 0 aromatic heterocycles. The fourth-order valence-electron chi connectivity index (χ4n) is 1.38. The average Bonchev–Trinajstić information content (AvgIpc) is 2.23. The highest BCUT2D eigenvalue weighted by Crippen LogP contribution is 2.12. The van der Waals surface area contributed by atoms with Crippen LogP contribution >= 0.6 is 0 Å². The number of aliphatic hydroxyl groups excluding tert-OH is 1. The number of nitrogens with zero attached hydrogens (tertiary/aromatic N) is 1. The minimum atomic E-state index is -3.65. The summed E-state index contributed by atoms with van der Waals surface area (Å²) in [7, 11) is -3.65. The topological polar surface area (TPSA) is 87.0 Å². The van der Waals surface area contributed by atoms with Crippen molar-refractivity contribution in [1.82, 2.24) is 0 Å². The van der Waals surface area contributed by atoms with E-state index in [1.54, 1.807) is 0 Å². The van der Waals surface area contributed by atoms with Gasteiger partial charge in [0.2, 0.25) is 0 Å². The third-order valence-electron chi connectivity index (χ3n) is 2.22. The van der Waals surface area contributed by atoms with Gasteiger partial charge in [-0.05, 0) is 12.1 Å². The van der Waals surface area contributed by atoms with Crippen LogP contribution in [0.25, 0.3) is 0 Å². The van der Waals surface area contributed by atoms with Crippen LogP contribution in [-0.4, -0.2) is 42.6 Å². The monoisotopic (exact) mass is 261 g/mol. The Hall–Kier alpha value is -1.47. The fourth-order valence-corrected chi connectivity index (χ4v) is 2.24. The molecule has 0 saturated heterocycles. The maximum Gasteiger partial charge on any atom is 0.158 e. The van der Waals surface area contributed by atoms with Crippen LogP contribution in [-0.2, 0) is 9.84 Å². The lowest BCUT2D eigenvalue weighted by Crippen LogP contribution is -2.33. The number of aliphatic hydroxyl groups is 1. The zero-order valence-electron chi connectivity index (χ0n) is 9.04. The molecular formula is C10H12FNO4S. The van der Waals surface area contributed by atoms with Gasteiger partial charge in [0.15, 0.2) is 9.84 Å². The van der Waals surface area contributed by atoms with Crippen molar-refractivity contribution in [2.75, 3.05) is 12.9 Å². The Kier molecular flexibility index (Phi) is 4.19. The van der Waals surface area contributed by atoms with E-state index in [0.717, 1.165) is 12.3 Å². The van der Waals surface area contributed by atoms with Gasteiger partial charge in [-0.1, -0.05) is 17.3 Å². The lowest BCUT2D eigenvalue weighted by Gasteiger charge is -2.13. The number of hydrogen-bond acceptors (Lipinski definition) is 5. The molecule has 0 aliphatic carbocycles. The van der Waals surface area contributed by atoms with Crippen LogP contribution in [0.3, 0.4) is 0 Å². The number of halogens is 1. The summed E-state index contributed by atoms with van der Waals surface area (Å²) in [4.78, 5) is 0. The zero-order chi connectivity index (χ0) is 13.1. The summed E-state index contributed by atoms with van der Waals surface area (Å²) >= 11 is 0. The molecule has 0 fully saturated rings. The van der Waals surface area contributed by atoms with Gasteiger partial charge in [-0.15, -0.1) is 0 Å². The highest BCUT2D eigenvalue weighted by atomic mass is 32.2. The van der Waals surface area contributed by atoms with Gasteiger partial charge in [0.25, 0.3) is 0 Å². The molecule has 94 valence electrons. The Balaban J connectivity index is 3.25. The highest BCUT2D eigenvalue weighted by molar-refractivity contribution is 7.92. The summed E-state index contributed by atoms with van der Waals surface area (Å²) in [5, 5.41) is 19.3. The summed E-state index contributed by atoms with van der Waals surface area (Å²) in [5.41, 5.74) is -0.175. The van der Waals surface area contributed by atoms with E-state index >= 15 is 0 Å². The Morgan fingerprint density at radius 2 is 2.18 bits per heavy atom. The molecule has 2 N–H and O–H groups in total. The van der Waals surface area contributed by atoms with Crippen LogP contribution < -0.4 is 0 Å². The van der Waals surface area contributed by atoms with E-state index in [0.29, 0.717) is 0 Å². The summed E-state index contributed by atoms with van der Waals surface area (Å²) in [6, 6.07) is 4.95. The summed E-state index contributed by atoms with van der Waals surface area (Å²) < 4.78 is 35.7. The van der Waals surface area contributed by atoms with E-state index in [-0.39, 0.29) is 11.3 Å². The molecule has 0 amide bonds. The molecule has 5 nitrogen and oxygen atoms in total. The number of oxime groups is 1. The molecule has 1 aromatic carbocycles. The first kappa shape index (κ1) is 13.6. The smallest absolute Gasteiger partial charge is 0.158 e. The number of sulfone groups is 1. The van der Waals surface area contributed by atoms with E-state index in [1.165, 1.54) is 18.2 Å². The maximum absolute atomic E-state index is 13.0. The van der Waals surface area contributed by atoms with E-state index < -0.39 is 27.5 Å². The zero-order valence-corrected chi connectivity index (χ0v) is 9.85. The molecule has 0 unspecified atom stereocenters. The largest absolute Gasteiger partial charge is 0.411 e. The van der Waals surface area contributed by atoms with Crippen molar-refractivity contribution in [3.05, 3.63) is 35.6 Å². The molecule has 7 heteroatoms. The Morgan fingerprint density at radius 1 is 1.53 bits per heavy atom. The number of benzene rings is 1. The molecule has 1 atom stereocenters. The molecule has 0 heterocycles. The van der Waals surface area contributed by atoms with Crippen molar-refractivity contribution in [1.29, 1.82) is 0 Å². The maximum atomic E-state index is 13.0. The lowest BCUT2D eigenvalue weighted by molar-refractivity contribution is 0.296. The van der Waals surface area contributed by atoms with Crippen molar-refractivity contribution in [2.24, 2.45) is 5.16 Å². The minimum Gasteiger partial charge on any atom is -0.411 e. The predicted octanol–water partition coefficient (Wildman–Crippen LogP) is 0.409. The second-order valence-corrected chi connectivity index (χ2v) is 5.72. The van der Waals surface area contributed by atoms with Gasteiger partial charge in [-0.3, -0.25) is 0 Å². The first-order valence-electron chi connectivity index (χ1n) is 4.67. The van der Waals surface area contributed by atoms with Crippen LogP contribution in [0.5, 0.6) is 0 Å². The fraction of sp³-hybridized carbons (Fsp3) is 0.300. The highest BCUT2D eigenvalue weighted by Gasteiger charge is 2.27. The minimum absolute atomic E-state index is 0.108. The van der Waals surface area contributed by atoms with Crippen molar-refractivity contribution < 1.29 is 23.1 Å². The normalized spacial score (nSPS) is 14.6. The van der Waals surface area contributed by atoms with Gasteiger partial charge in [0.1, 0.15) is 16.8 Å². The van der Waals surface area contributed by atoms with Crippen LogP contribution in [0.2, 0.25) is 0 Å². The molecule has 1 rings (SSSR count). The molecule has 0 aliphatic heterocycles. The van der Waals surface area contributed by atoms with Crippen molar-refractivity contribution in [2.45, 2.75) is 5.25 Å². The third kappa shape index (κ3) is 3.24.